The molecule has 3 saturated carbocycles. The maximum atomic E-state index is 12.2. The molecular formula is C21H32O4. The van der Waals surface area contributed by atoms with Crippen LogP contribution in [0.4, 0.5) is 0 Å². The molecule has 0 bridgehead atoms. The summed E-state index contributed by atoms with van der Waals surface area (Å²) in [5.41, 5.74) is -1.66. The van der Waals surface area contributed by atoms with E-state index in [1.807, 2.05) is 6.08 Å². The van der Waals surface area contributed by atoms with E-state index < -0.39 is 23.2 Å². The smallest absolute Gasteiger partial charge is 0.161 e. The average Bonchev–Trinajstić information content (AvgIpc) is 2.82. The minimum atomic E-state index is -1.24. The van der Waals surface area contributed by atoms with Gasteiger partial charge in [-0.25, -0.2) is 0 Å². The number of hydrogen-bond acceptors (Lipinski definition) is 4. The van der Waals surface area contributed by atoms with Gasteiger partial charge in [-0.3, -0.25) is 4.79 Å². The van der Waals surface area contributed by atoms with Gasteiger partial charge in [0.05, 0.1) is 12.2 Å². The zero-order chi connectivity index (χ0) is 18.2. The first-order valence-electron chi connectivity index (χ1n) is 9.92. The van der Waals surface area contributed by atoms with Crippen molar-refractivity contribution in [1.82, 2.24) is 0 Å². The van der Waals surface area contributed by atoms with E-state index in [0.717, 1.165) is 25.7 Å². The Labute approximate surface area is 150 Å². The van der Waals surface area contributed by atoms with E-state index >= 15 is 0 Å². The second-order valence-electron chi connectivity index (χ2n) is 9.73. The summed E-state index contributed by atoms with van der Waals surface area (Å²) in [7, 11) is 0. The van der Waals surface area contributed by atoms with Crippen LogP contribution >= 0.6 is 0 Å². The molecule has 1 unspecified atom stereocenters. The summed E-state index contributed by atoms with van der Waals surface area (Å²) in [6, 6.07) is 0. The molecule has 140 valence electrons. The third kappa shape index (κ3) is 2.14. The number of rotatable bonds is 1. The molecule has 0 aromatic carbocycles. The maximum Gasteiger partial charge on any atom is 0.161 e. The monoisotopic (exact) mass is 348 g/mol. The first kappa shape index (κ1) is 17.7. The fourth-order valence-electron chi connectivity index (χ4n) is 7.36. The van der Waals surface area contributed by atoms with Crippen LogP contribution in [0.1, 0.15) is 59.3 Å². The third-order valence-corrected chi connectivity index (χ3v) is 8.92. The van der Waals surface area contributed by atoms with Crippen molar-refractivity contribution >= 4 is 5.78 Å². The molecule has 0 saturated heterocycles. The van der Waals surface area contributed by atoms with Crippen molar-refractivity contribution in [1.29, 1.82) is 0 Å². The first-order chi connectivity index (χ1) is 11.6. The van der Waals surface area contributed by atoms with E-state index in [1.54, 1.807) is 0 Å². The van der Waals surface area contributed by atoms with Gasteiger partial charge in [0, 0.05) is 5.41 Å². The fraction of sp³-hybridized carbons (Fsp3) is 0.857. The molecule has 0 aromatic rings. The molecular weight excluding hydrogens is 316 g/mol. The number of hydrogen-bond donors (Lipinski definition) is 3. The minimum absolute atomic E-state index is 0.00137. The predicted octanol–water partition coefficient (Wildman–Crippen LogP) is 2.46. The molecule has 4 aliphatic carbocycles. The Morgan fingerprint density at radius 3 is 2.44 bits per heavy atom. The van der Waals surface area contributed by atoms with E-state index in [1.165, 1.54) is 6.92 Å². The lowest BCUT2D eigenvalue weighted by atomic mass is 9.44. The van der Waals surface area contributed by atoms with Crippen LogP contribution in [0.5, 0.6) is 0 Å². The summed E-state index contributed by atoms with van der Waals surface area (Å²) in [5, 5.41) is 32.2. The average molecular weight is 348 g/mol. The van der Waals surface area contributed by atoms with Gasteiger partial charge in [-0.05, 0) is 74.5 Å². The molecule has 3 N–H and O–H groups in total. The Kier molecular flexibility index (Phi) is 3.82. The molecule has 0 aromatic heterocycles. The van der Waals surface area contributed by atoms with Crippen LogP contribution in [0.25, 0.3) is 0 Å². The van der Waals surface area contributed by atoms with Gasteiger partial charge >= 0.3 is 0 Å². The number of Topliss-reactive ketones (excluding diaryl/α,β-unsaturated/α-hetero) is 1. The highest BCUT2D eigenvalue weighted by Crippen LogP contribution is 2.67. The van der Waals surface area contributed by atoms with Gasteiger partial charge in [0.2, 0.25) is 0 Å². The quantitative estimate of drug-likeness (QED) is 0.636. The lowest BCUT2D eigenvalue weighted by molar-refractivity contribution is -0.178. The highest BCUT2D eigenvalue weighted by molar-refractivity contribution is 5.86. The minimum Gasteiger partial charge on any atom is -0.393 e. The summed E-state index contributed by atoms with van der Waals surface area (Å²) in [4.78, 5) is 12.2. The lowest BCUT2D eigenvalue weighted by Gasteiger charge is -2.61. The van der Waals surface area contributed by atoms with Crippen molar-refractivity contribution in [2.45, 2.75) is 77.1 Å². The summed E-state index contributed by atoms with van der Waals surface area (Å²) in [6.45, 7) is 5.88. The van der Waals surface area contributed by atoms with Gasteiger partial charge in [0.15, 0.2) is 5.78 Å². The molecule has 4 aliphatic rings. The van der Waals surface area contributed by atoms with E-state index in [-0.39, 0.29) is 23.0 Å². The van der Waals surface area contributed by atoms with Gasteiger partial charge in [0.1, 0.15) is 5.60 Å². The number of carbonyl (C=O) groups is 1. The van der Waals surface area contributed by atoms with Crippen LogP contribution < -0.4 is 0 Å². The number of allylic oxidation sites excluding steroid dienone is 1. The highest BCUT2D eigenvalue weighted by Gasteiger charge is 2.67. The van der Waals surface area contributed by atoms with E-state index in [2.05, 4.69) is 19.9 Å². The van der Waals surface area contributed by atoms with Crippen molar-refractivity contribution < 1.29 is 20.1 Å². The second kappa shape index (κ2) is 5.40. The van der Waals surface area contributed by atoms with Gasteiger partial charge in [-0.1, -0.05) is 26.0 Å². The van der Waals surface area contributed by atoms with Crippen LogP contribution in [0, 0.1) is 34.5 Å². The summed E-state index contributed by atoms with van der Waals surface area (Å²) >= 11 is 0. The van der Waals surface area contributed by atoms with Crippen molar-refractivity contribution in [3.05, 3.63) is 12.2 Å². The topological polar surface area (TPSA) is 77.8 Å². The molecule has 0 spiro atoms. The third-order valence-electron chi connectivity index (χ3n) is 8.92. The lowest BCUT2D eigenvalue weighted by Crippen LogP contribution is -2.61. The predicted molar refractivity (Wildman–Crippen MR) is 94.7 cm³/mol. The van der Waals surface area contributed by atoms with Gasteiger partial charge < -0.3 is 15.3 Å². The molecule has 4 rings (SSSR count). The Balaban J connectivity index is 1.73. The van der Waals surface area contributed by atoms with E-state index in [9.17, 15) is 20.1 Å². The van der Waals surface area contributed by atoms with Gasteiger partial charge in [0.25, 0.3) is 0 Å². The largest absolute Gasteiger partial charge is 0.393 e. The van der Waals surface area contributed by atoms with Crippen LogP contribution in [0.2, 0.25) is 0 Å². The Morgan fingerprint density at radius 2 is 1.76 bits per heavy atom. The maximum absolute atomic E-state index is 12.2. The zero-order valence-corrected chi connectivity index (χ0v) is 15.6. The molecule has 4 nitrogen and oxygen atoms in total. The molecule has 0 heterocycles. The highest BCUT2D eigenvalue weighted by atomic mass is 16.3. The molecule has 25 heavy (non-hydrogen) atoms. The van der Waals surface area contributed by atoms with Crippen LogP contribution in [0.15, 0.2) is 12.2 Å². The molecule has 9 atom stereocenters. The first-order valence-corrected chi connectivity index (χ1v) is 9.92. The number of carbonyl (C=O) groups excluding carboxylic acids is 1. The number of fused-ring (bicyclic) bond motifs is 5. The van der Waals surface area contributed by atoms with Crippen LogP contribution in [-0.2, 0) is 4.79 Å². The SMILES string of the molecule is CC(=O)[C@@]1(O)CC[C@H]2[C@@H]3[C@H](O)CC4C[C@@H](O)C=C[C@]4(C)[C@H]3CC[C@@]21C. The van der Waals surface area contributed by atoms with Crippen LogP contribution in [0.3, 0.4) is 0 Å². The number of aliphatic hydroxyl groups is 3. The Bertz CT molecular complexity index is 615. The van der Waals surface area contributed by atoms with E-state index in [4.69, 9.17) is 0 Å². The van der Waals surface area contributed by atoms with Crippen molar-refractivity contribution in [3.8, 4) is 0 Å². The molecule has 0 aliphatic heterocycles. The van der Waals surface area contributed by atoms with Crippen molar-refractivity contribution in [3.63, 3.8) is 0 Å². The van der Waals surface area contributed by atoms with Crippen molar-refractivity contribution in [2.75, 3.05) is 0 Å². The molecule has 4 heteroatoms. The standard InChI is InChI=1S/C21H32O4/c1-12(22)21(25)9-6-16-18-15(5-8-20(16,21)3)19(2)7-4-14(23)10-13(19)11-17(18)24/h4,7,13-18,23-25H,5-6,8-11H2,1-3H3/t13?,14-,15-,16-,17+,18+,19-,20-,21-/m0/s1. The summed E-state index contributed by atoms with van der Waals surface area (Å²) in [5.74, 6) is 0.867. The van der Waals surface area contributed by atoms with Gasteiger partial charge in [-0.2, -0.15) is 0 Å². The second-order valence-corrected chi connectivity index (χ2v) is 9.73. The fourth-order valence-corrected chi connectivity index (χ4v) is 7.36. The van der Waals surface area contributed by atoms with Gasteiger partial charge in [-0.15, -0.1) is 0 Å². The molecule has 0 amide bonds. The number of ketones is 1. The van der Waals surface area contributed by atoms with E-state index in [0.29, 0.717) is 24.7 Å². The summed E-state index contributed by atoms with van der Waals surface area (Å²) in [6.07, 6.45) is 7.87. The summed E-state index contributed by atoms with van der Waals surface area (Å²) < 4.78 is 0. The normalized spacial score (nSPS) is 57.5. The van der Waals surface area contributed by atoms with Crippen molar-refractivity contribution in [2.24, 2.45) is 34.5 Å². The Morgan fingerprint density at radius 1 is 1.08 bits per heavy atom. The number of aliphatic hydroxyl groups excluding tert-OH is 2. The molecule has 3 fully saturated rings. The Hall–Kier alpha value is -0.710. The zero-order valence-electron chi connectivity index (χ0n) is 15.6. The van der Waals surface area contributed by atoms with Crippen LogP contribution in [-0.4, -0.2) is 38.9 Å². The molecule has 0 radical (unpaired) electrons.